The van der Waals surface area contributed by atoms with Crippen LogP contribution in [-0.2, 0) is 4.79 Å². The van der Waals surface area contributed by atoms with Crippen LogP contribution in [0.4, 0.5) is 10.1 Å². The number of hydrogen-bond donors (Lipinski definition) is 2. The lowest BCUT2D eigenvalue weighted by Gasteiger charge is -2.15. The Kier molecular flexibility index (Phi) is 3.36. The molecule has 0 spiro atoms. The first-order chi connectivity index (χ1) is 8.50. The van der Waals surface area contributed by atoms with Crippen LogP contribution < -0.4 is 5.73 Å². The normalized spacial score (nSPS) is 19.1. The summed E-state index contributed by atoms with van der Waals surface area (Å²) in [5.74, 6) is -1.08. The van der Waals surface area contributed by atoms with Crippen molar-refractivity contribution in [1.82, 2.24) is 15.1 Å². The van der Waals surface area contributed by atoms with Crippen LogP contribution in [-0.4, -0.2) is 34.1 Å². The highest BCUT2D eigenvalue weighted by Gasteiger charge is 2.31. The molecule has 1 aromatic heterocycles. The van der Waals surface area contributed by atoms with Gasteiger partial charge >= 0.3 is 0 Å². The number of aromatic nitrogens is 2. The first-order valence-electron chi connectivity index (χ1n) is 5.91. The highest BCUT2D eigenvalue weighted by molar-refractivity contribution is 5.92. The predicted octanol–water partition coefficient (Wildman–Crippen LogP) is 1.57. The highest BCUT2D eigenvalue weighted by Crippen LogP contribution is 2.30. The van der Waals surface area contributed by atoms with Crippen molar-refractivity contribution in [2.75, 3.05) is 18.8 Å². The fraction of sp³-hybridized carbons (Fsp3) is 0.500. The van der Waals surface area contributed by atoms with Gasteiger partial charge in [-0.1, -0.05) is 0 Å². The quantitative estimate of drug-likeness (QED) is 0.784. The Hall–Kier alpha value is -1.85. The Morgan fingerprint density at radius 1 is 1.61 bits per heavy atom. The third-order valence-electron chi connectivity index (χ3n) is 3.21. The number of nitrogens with zero attached hydrogens (tertiary/aromatic N) is 2. The number of H-pyrrole nitrogens is 1. The van der Waals surface area contributed by atoms with Crippen LogP contribution in [0, 0.1) is 0 Å². The van der Waals surface area contributed by atoms with E-state index in [4.69, 9.17) is 5.73 Å². The van der Waals surface area contributed by atoms with Gasteiger partial charge in [0.2, 0.25) is 0 Å². The molecule has 0 aliphatic carbocycles. The number of nitrogen functional groups attached to an aromatic ring is 1. The molecule has 2 rings (SSSR count). The van der Waals surface area contributed by atoms with Gasteiger partial charge in [0.25, 0.3) is 5.91 Å². The Morgan fingerprint density at radius 3 is 2.89 bits per heavy atom. The maximum Gasteiger partial charge on any atom is 0.282 e. The SMILES string of the molecule is CC(C)=C(F)C(=O)N1CCC(c2[nH]ncc2N)C1. The Bertz CT molecular complexity index is 490. The zero-order valence-corrected chi connectivity index (χ0v) is 10.5. The molecule has 1 aliphatic heterocycles. The van der Waals surface area contributed by atoms with Crippen molar-refractivity contribution in [3.8, 4) is 0 Å². The molecular weight excluding hydrogens is 235 g/mol. The molecule has 3 N–H and O–H groups in total. The van der Waals surface area contributed by atoms with Gasteiger partial charge < -0.3 is 10.6 Å². The second kappa shape index (κ2) is 4.80. The van der Waals surface area contributed by atoms with Gasteiger partial charge in [0.05, 0.1) is 17.6 Å². The molecule has 1 unspecified atom stereocenters. The van der Waals surface area contributed by atoms with Gasteiger partial charge in [-0.25, -0.2) is 4.39 Å². The fourth-order valence-corrected chi connectivity index (χ4v) is 2.17. The van der Waals surface area contributed by atoms with E-state index in [0.717, 1.165) is 12.1 Å². The molecular formula is C12H17FN4O. The molecule has 1 aromatic rings. The largest absolute Gasteiger partial charge is 0.396 e. The summed E-state index contributed by atoms with van der Waals surface area (Å²) >= 11 is 0. The lowest BCUT2D eigenvalue weighted by Crippen LogP contribution is -2.29. The number of halogens is 1. The zero-order valence-electron chi connectivity index (χ0n) is 10.5. The van der Waals surface area contributed by atoms with E-state index in [0.29, 0.717) is 24.4 Å². The van der Waals surface area contributed by atoms with Crippen molar-refractivity contribution in [3.63, 3.8) is 0 Å². The van der Waals surface area contributed by atoms with E-state index in [1.807, 2.05) is 0 Å². The molecule has 2 heterocycles. The van der Waals surface area contributed by atoms with Crippen molar-refractivity contribution >= 4 is 11.6 Å². The number of allylic oxidation sites excluding steroid dienone is 1. The van der Waals surface area contributed by atoms with Crippen LogP contribution in [0.15, 0.2) is 17.6 Å². The van der Waals surface area contributed by atoms with Gasteiger partial charge in [0.1, 0.15) is 0 Å². The minimum atomic E-state index is -0.659. The zero-order chi connectivity index (χ0) is 13.3. The van der Waals surface area contributed by atoms with E-state index in [2.05, 4.69) is 10.2 Å². The molecule has 1 saturated heterocycles. The van der Waals surface area contributed by atoms with Crippen LogP contribution in [0.3, 0.4) is 0 Å². The van der Waals surface area contributed by atoms with Gasteiger partial charge in [-0.2, -0.15) is 5.10 Å². The molecule has 0 aromatic carbocycles. The third-order valence-corrected chi connectivity index (χ3v) is 3.21. The van der Waals surface area contributed by atoms with E-state index in [9.17, 15) is 9.18 Å². The number of amides is 1. The highest BCUT2D eigenvalue weighted by atomic mass is 19.1. The lowest BCUT2D eigenvalue weighted by molar-refractivity contribution is -0.127. The summed E-state index contributed by atoms with van der Waals surface area (Å²) in [6.45, 7) is 4.20. The number of likely N-dealkylation sites (tertiary alicyclic amines) is 1. The number of anilines is 1. The van der Waals surface area contributed by atoms with Crippen molar-refractivity contribution in [2.24, 2.45) is 0 Å². The van der Waals surface area contributed by atoms with Gasteiger partial charge in [-0.05, 0) is 25.8 Å². The summed E-state index contributed by atoms with van der Waals surface area (Å²) in [6, 6.07) is 0. The molecule has 0 radical (unpaired) electrons. The first kappa shape index (κ1) is 12.6. The molecule has 98 valence electrons. The molecule has 1 atom stereocenters. The summed E-state index contributed by atoms with van der Waals surface area (Å²) in [5, 5.41) is 6.70. The molecule has 18 heavy (non-hydrogen) atoms. The molecule has 0 saturated carbocycles. The topological polar surface area (TPSA) is 75.0 Å². The van der Waals surface area contributed by atoms with Crippen molar-refractivity contribution in [2.45, 2.75) is 26.2 Å². The fourth-order valence-electron chi connectivity index (χ4n) is 2.17. The Morgan fingerprint density at radius 2 is 2.33 bits per heavy atom. The number of hydrogen-bond acceptors (Lipinski definition) is 3. The molecule has 1 amide bonds. The maximum atomic E-state index is 13.6. The second-order valence-corrected chi connectivity index (χ2v) is 4.79. The van der Waals surface area contributed by atoms with Crippen LogP contribution in [0.25, 0.3) is 0 Å². The van der Waals surface area contributed by atoms with Crippen LogP contribution in [0.5, 0.6) is 0 Å². The summed E-state index contributed by atoms with van der Waals surface area (Å²) in [4.78, 5) is 13.3. The average molecular weight is 252 g/mol. The average Bonchev–Trinajstić information content (AvgIpc) is 2.95. The predicted molar refractivity (Wildman–Crippen MR) is 66.4 cm³/mol. The third kappa shape index (κ3) is 2.23. The lowest BCUT2D eigenvalue weighted by atomic mass is 10.0. The van der Waals surface area contributed by atoms with Crippen LogP contribution in [0.2, 0.25) is 0 Å². The van der Waals surface area contributed by atoms with E-state index < -0.39 is 11.7 Å². The summed E-state index contributed by atoms with van der Waals surface area (Å²) in [5.41, 5.74) is 7.61. The number of aromatic amines is 1. The minimum Gasteiger partial charge on any atom is -0.396 e. The number of nitrogens with one attached hydrogen (secondary N) is 1. The number of carbonyl (C=O) groups is 1. The molecule has 0 bridgehead atoms. The van der Waals surface area contributed by atoms with Gasteiger partial charge in [0.15, 0.2) is 5.83 Å². The second-order valence-electron chi connectivity index (χ2n) is 4.79. The number of nitrogens with two attached hydrogens (primary N) is 1. The Balaban J connectivity index is 2.08. The van der Waals surface area contributed by atoms with E-state index in [1.54, 1.807) is 20.0 Å². The maximum absolute atomic E-state index is 13.6. The number of rotatable bonds is 2. The van der Waals surface area contributed by atoms with E-state index in [1.165, 1.54) is 4.90 Å². The minimum absolute atomic E-state index is 0.112. The smallest absolute Gasteiger partial charge is 0.282 e. The molecule has 1 aliphatic rings. The first-order valence-corrected chi connectivity index (χ1v) is 5.91. The summed E-state index contributed by atoms with van der Waals surface area (Å²) < 4.78 is 13.6. The Labute approximate surface area is 105 Å². The molecule has 6 heteroatoms. The molecule has 1 fully saturated rings. The van der Waals surface area contributed by atoms with E-state index in [-0.39, 0.29) is 5.92 Å². The van der Waals surface area contributed by atoms with Crippen molar-refractivity contribution in [1.29, 1.82) is 0 Å². The molecule has 5 nitrogen and oxygen atoms in total. The van der Waals surface area contributed by atoms with E-state index >= 15 is 0 Å². The van der Waals surface area contributed by atoms with Crippen LogP contribution >= 0.6 is 0 Å². The van der Waals surface area contributed by atoms with Gasteiger partial charge in [-0.3, -0.25) is 9.89 Å². The summed E-state index contributed by atoms with van der Waals surface area (Å²) in [6.07, 6.45) is 2.32. The van der Waals surface area contributed by atoms with Gasteiger partial charge in [0, 0.05) is 19.0 Å². The standard InChI is InChI=1S/C12H17FN4O/c1-7(2)10(13)12(18)17-4-3-8(6-17)11-9(14)5-15-16-11/h5,8H,3-4,6,14H2,1-2H3,(H,15,16). The van der Waals surface area contributed by atoms with Crippen molar-refractivity contribution in [3.05, 3.63) is 23.3 Å². The van der Waals surface area contributed by atoms with Gasteiger partial charge in [-0.15, -0.1) is 0 Å². The van der Waals surface area contributed by atoms with Crippen molar-refractivity contribution < 1.29 is 9.18 Å². The number of carbonyl (C=O) groups excluding carboxylic acids is 1. The monoisotopic (exact) mass is 252 g/mol. The summed E-state index contributed by atoms with van der Waals surface area (Å²) in [7, 11) is 0. The van der Waals surface area contributed by atoms with Crippen LogP contribution in [0.1, 0.15) is 31.9 Å².